The highest BCUT2D eigenvalue weighted by Crippen LogP contribution is 2.38. The van der Waals surface area contributed by atoms with Gasteiger partial charge in [0, 0.05) is 24.4 Å². The Morgan fingerprint density at radius 1 is 1.15 bits per heavy atom. The van der Waals surface area contributed by atoms with E-state index in [1.807, 2.05) is 43.3 Å². The Labute approximate surface area is 159 Å². The van der Waals surface area contributed by atoms with Crippen molar-refractivity contribution in [2.75, 3.05) is 6.54 Å². The Morgan fingerprint density at radius 2 is 1.96 bits per heavy atom. The minimum absolute atomic E-state index is 0.0227. The molecule has 0 spiro atoms. The van der Waals surface area contributed by atoms with E-state index in [-0.39, 0.29) is 12.0 Å². The van der Waals surface area contributed by atoms with Crippen molar-refractivity contribution in [3.05, 3.63) is 83.7 Å². The van der Waals surface area contributed by atoms with E-state index in [1.165, 1.54) is 11.1 Å². The number of nitrogens with zero attached hydrogens (tertiary/aromatic N) is 1. The lowest BCUT2D eigenvalue weighted by Gasteiger charge is -2.14. The van der Waals surface area contributed by atoms with Crippen LogP contribution in [0.25, 0.3) is 11.1 Å². The predicted molar refractivity (Wildman–Crippen MR) is 106 cm³/mol. The maximum atomic E-state index is 12.3. The monoisotopic (exact) mass is 358 g/mol. The molecule has 2 heterocycles. The van der Waals surface area contributed by atoms with Crippen molar-refractivity contribution in [2.45, 2.75) is 25.9 Å². The predicted octanol–water partition coefficient (Wildman–Crippen LogP) is 3.72. The quantitative estimate of drug-likeness (QED) is 0.756. The van der Waals surface area contributed by atoms with Crippen LogP contribution in [0, 0.1) is 6.92 Å². The summed E-state index contributed by atoms with van der Waals surface area (Å²) >= 11 is 0. The van der Waals surface area contributed by atoms with E-state index in [0.717, 1.165) is 28.9 Å². The van der Waals surface area contributed by atoms with Crippen LogP contribution in [0.5, 0.6) is 5.75 Å². The van der Waals surface area contributed by atoms with Crippen molar-refractivity contribution in [3.8, 4) is 16.9 Å². The van der Waals surface area contributed by atoms with E-state index < -0.39 is 0 Å². The maximum absolute atomic E-state index is 12.3. The molecule has 3 aromatic rings. The molecular formula is C23H22N2O2. The molecule has 0 saturated carbocycles. The molecule has 27 heavy (non-hydrogen) atoms. The Morgan fingerprint density at radius 3 is 2.78 bits per heavy atom. The molecule has 1 aromatic heterocycles. The molecule has 4 nitrogen and oxygen atoms in total. The number of aryl methyl sites for hydroxylation is 1. The second-order valence-corrected chi connectivity index (χ2v) is 6.94. The fourth-order valence-corrected chi connectivity index (χ4v) is 3.51. The SMILES string of the molecule is Cc1cccc(CC(=O)NC[C@H]2Cc3cccc(-c4ccncc4)c3O2)c1. The molecule has 0 unspecified atom stereocenters. The van der Waals surface area contributed by atoms with Gasteiger partial charge in [0.15, 0.2) is 0 Å². The van der Waals surface area contributed by atoms with Gasteiger partial charge in [-0.1, -0.05) is 48.0 Å². The molecule has 0 saturated heterocycles. The number of amides is 1. The molecule has 1 aliphatic heterocycles. The van der Waals surface area contributed by atoms with Crippen LogP contribution >= 0.6 is 0 Å². The van der Waals surface area contributed by atoms with Crippen LogP contribution in [0.3, 0.4) is 0 Å². The first kappa shape index (κ1) is 17.3. The van der Waals surface area contributed by atoms with Crippen molar-refractivity contribution in [1.82, 2.24) is 10.3 Å². The summed E-state index contributed by atoms with van der Waals surface area (Å²) in [4.78, 5) is 16.3. The second kappa shape index (κ2) is 7.62. The van der Waals surface area contributed by atoms with Crippen LogP contribution in [0.1, 0.15) is 16.7 Å². The average molecular weight is 358 g/mol. The molecule has 1 amide bonds. The number of hydrogen-bond acceptors (Lipinski definition) is 3. The molecule has 136 valence electrons. The van der Waals surface area contributed by atoms with Gasteiger partial charge in [-0.3, -0.25) is 9.78 Å². The number of carbonyl (C=O) groups excluding carboxylic acids is 1. The van der Waals surface area contributed by atoms with E-state index in [1.54, 1.807) is 12.4 Å². The number of carbonyl (C=O) groups is 1. The summed E-state index contributed by atoms with van der Waals surface area (Å²) < 4.78 is 6.18. The lowest BCUT2D eigenvalue weighted by Crippen LogP contribution is -2.35. The number of benzene rings is 2. The van der Waals surface area contributed by atoms with E-state index in [0.29, 0.717) is 13.0 Å². The van der Waals surface area contributed by atoms with Gasteiger partial charge in [0.05, 0.1) is 13.0 Å². The number of nitrogens with one attached hydrogen (secondary N) is 1. The third kappa shape index (κ3) is 4.00. The van der Waals surface area contributed by atoms with E-state index in [2.05, 4.69) is 28.5 Å². The highest BCUT2D eigenvalue weighted by Gasteiger charge is 2.26. The molecule has 0 aliphatic carbocycles. The third-order valence-corrected chi connectivity index (χ3v) is 4.79. The van der Waals surface area contributed by atoms with Crippen LogP contribution in [0.4, 0.5) is 0 Å². The topological polar surface area (TPSA) is 51.2 Å². The van der Waals surface area contributed by atoms with Gasteiger partial charge >= 0.3 is 0 Å². The number of fused-ring (bicyclic) bond motifs is 1. The number of pyridine rings is 1. The molecule has 1 atom stereocenters. The van der Waals surface area contributed by atoms with E-state index in [9.17, 15) is 4.79 Å². The first-order valence-electron chi connectivity index (χ1n) is 9.20. The number of para-hydroxylation sites is 1. The molecule has 1 N–H and O–H groups in total. The van der Waals surface area contributed by atoms with Gasteiger partial charge in [-0.15, -0.1) is 0 Å². The van der Waals surface area contributed by atoms with Crippen LogP contribution < -0.4 is 10.1 Å². The summed E-state index contributed by atoms with van der Waals surface area (Å²) in [5.41, 5.74) is 5.54. The van der Waals surface area contributed by atoms with Crippen molar-refractivity contribution in [1.29, 1.82) is 0 Å². The van der Waals surface area contributed by atoms with Crippen molar-refractivity contribution in [3.63, 3.8) is 0 Å². The summed E-state index contributed by atoms with van der Waals surface area (Å²) in [6, 6.07) is 18.2. The van der Waals surface area contributed by atoms with Crippen LogP contribution in [-0.4, -0.2) is 23.5 Å². The van der Waals surface area contributed by atoms with Gasteiger partial charge in [-0.25, -0.2) is 0 Å². The lowest BCUT2D eigenvalue weighted by atomic mass is 10.0. The Bertz CT molecular complexity index is 954. The van der Waals surface area contributed by atoms with Crippen molar-refractivity contribution < 1.29 is 9.53 Å². The van der Waals surface area contributed by atoms with E-state index in [4.69, 9.17) is 4.74 Å². The highest BCUT2D eigenvalue weighted by atomic mass is 16.5. The largest absolute Gasteiger partial charge is 0.487 e. The summed E-state index contributed by atoms with van der Waals surface area (Å²) in [6.07, 6.45) is 4.73. The Kier molecular flexibility index (Phi) is 4.88. The van der Waals surface area contributed by atoms with Crippen molar-refractivity contribution >= 4 is 5.91 Å². The molecule has 0 radical (unpaired) electrons. The minimum Gasteiger partial charge on any atom is -0.487 e. The maximum Gasteiger partial charge on any atom is 0.224 e. The first-order chi connectivity index (χ1) is 13.2. The fraction of sp³-hybridized carbons (Fsp3) is 0.217. The molecule has 4 heteroatoms. The van der Waals surface area contributed by atoms with Crippen LogP contribution in [-0.2, 0) is 17.6 Å². The van der Waals surface area contributed by atoms with Gasteiger partial charge in [0.1, 0.15) is 11.9 Å². The standard InChI is InChI=1S/C23H22N2O2/c1-16-4-2-5-17(12-16)13-22(26)25-15-20-14-19-6-3-7-21(23(19)27-20)18-8-10-24-11-9-18/h2-12,20H,13-15H2,1H3,(H,25,26)/t20-/m1/s1. The van der Waals surface area contributed by atoms with Crippen molar-refractivity contribution in [2.24, 2.45) is 0 Å². The normalized spacial score (nSPS) is 15.1. The van der Waals surface area contributed by atoms with Gasteiger partial charge in [-0.2, -0.15) is 0 Å². The Balaban J connectivity index is 1.38. The molecule has 2 aromatic carbocycles. The first-order valence-corrected chi connectivity index (χ1v) is 9.20. The van der Waals surface area contributed by atoms with Gasteiger partial charge in [-0.05, 0) is 35.7 Å². The highest BCUT2D eigenvalue weighted by molar-refractivity contribution is 5.78. The number of ether oxygens (including phenoxy) is 1. The second-order valence-electron chi connectivity index (χ2n) is 6.94. The molecule has 1 aliphatic rings. The summed E-state index contributed by atoms with van der Waals surface area (Å²) in [7, 11) is 0. The smallest absolute Gasteiger partial charge is 0.224 e. The zero-order valence-corrected chi connectivity index (χ0v) is 15.3. The third-order valence-electron chi connectivity index (χ3n) is 4.79. The summed E-state index contributed by atoms with van der Waals surface area (Å²) in [6.45, 7) is 2.54. The lowest BCUT2D eigenvalue weighted by molar-refractivity contribution is -0.120. The van der Waals surface area contributed by atoms with Gasteiger partial charge in [0.2, 0.25) is 5.91 Å². The van der Waals surface area contributed by atoms with Crippen LogP contribution in [0.2, 0.25) is 0 Å². The number of aromatic nitrogens is 1. The molecule has 0 bridgehead atoms. The average Bonchev–Trinajstić information content (AvgIpc) is 3.10. The number of hydrogen-bond donors (Lipinski definition) is 1. The van der Waals surface area contributed by atoms with Gasteiger partial charge < -0.3 is 10.1 Å². The van der Waals surface area contributed by atoms with Gasteiger partial charge in [0.25, 0.3) is 0 Å². The summed E-state index contributed by atoms with van der Waals surface area (Å²) in [5, 5.41) is 3.01. The molecule has 0 fully saturated rings. The fourth-order valence-electron chi connectivity index (χ4n) is 3.51. The zero-order valence-electron chi connectivity index (χ0n) is 15.3. The Hall–Kier alpha value is -3.14. The number of rotatable bonds is 5. The molecular weight excluding hydrogens is 336 g/mol. The van der Waals surface area contributed by atoms with Crippen LogP contribution in [0.15, 0.2) is 67.0 Å². The zero-order chi connectivity index (χ0) is 18.6. The molecule has 4 rings (SSSR count). The summed E-state index contributed by atoms with van der Waals surface area (Å²) in [5.74, 6) is 0.941. The minimum atomic E-state index is -0.0375. The van der Waals surface area contributed by atoms with E-state index >= 15 is 0 Å².